The monoisotopic (exact) mass is 227 g/mol. The van der Waals surface area contributed by atoms with Crippen LogP contribution in [0.15, 0.2) is 42.5 Å². The minimum Gasteiger partial charge on any atom is -0.487 e. The number of benzene rings is 1. The van der Waals surface area contributed by atoms with Crippen LogP contribution in [-0.4, -0.2) is 11.3 Å². The Morgan fingerprint density at radius 3 is 2.59 bits per heavy atom. The Kier molecular flexibility index (Phi) is 3.50. The van der Waals surface area contributed by atoms with Crippen LogP contribution in [-0.2, 0) is 6.61 Å². The third kappa shape index (κ3) is 3.14. The van der Waals surface area contributed by atoms with E-state index in [0.29, 0.717) is 12.2 Å². The van der Waals surface area contributed by atoms with E-state index in [1.54, 1.807) is 24.3 Å². The molecule has 0 amide bonds. The van der Waals surface area contributed by atoms with Gasteiger partial charge in [-0.3, -0.25) is 9.78 Å². The fourth-order valence-corrected chi connectivity index (χ4v) is 1.48. The highest BCUT2D eigenvalue weighted by Gasteiger charge is 1.98. The molecule has 0 fully saturated rings. The summed E-state index contributed by atoms with van der Waals surface area (Å²) in [4.78, 5) is 14.8. The molecule has 0 aliphatic carbocycles. The first-order chi connectivity index (χ1) is 8.28. The SMILES string of the molecule is Cc1cccc(COc2ccc(C=O)cc2)n1. The van der Waals surface area contributed by atoms with Gasteiger partial charge in [0.15, 0.2) is 0 Å². The summed E-state index contributed by atoms with van der Waals surface area (Å²) in [5.41, 5.74) is 2.51. The summed E-state index contributed by atoms with van der Waals surface area (Å²) in [6.45, 7) is 2.38. The van der Waals surface area contributed by atoms with E-state index in [9.17, 15) is 4.79 Å². The molecule has 0 saturated carbocycles. The lowest BCUT2D eigenvalue weighted by Gasteiger charge is -2.06. The fourth-order valence-electron chi connectivity index (χ4n) is 1.48. The first-order valence-corrected chi connectivity index (χ1v) is 5.38. The zero-order chi connectivity index (χ0) is 12.1. The highest BCUT2D eigenvalue weighted by molar-refractivity contribution is 5.74. The number of hydrogen-bond acceptors (Lipinski definition) is 3. The lowest BCUT2D eigenvalue weighted by molar-refractivity contribution is 0.112. The summed E-state index contributed by atoms with van der Waals surface area (Å²) in [5, 5.41) is 0. The largest absolute Gasteiger partial charge is 0.487 e. The lowest BCUT2D eigenvalue weighted by Crippen LogP contribution is -1.99. The Morgan fingerprint density at radius 1 is 1.18 bits per heavy atom. The van der Waals surface area contributed by atoms with Gasteiger partial charge in [0.25, 0.3) is 0 Å². The summed E-state index contributed by atoms with van der Waals surface area (Å²) in [7, 11) is 0. The van der Waals surface area contributed by atoms with E-state index in [2.05, 4.69) is 4.98 Å². The summed E-state index contributed by atoms with van der Waals surface area (Å²) in [6, 6.07) is 12.8. The number of nitrogens with zero attached hydrogens (tertiary/aromatic N) is 1. The van der Waals surface area contributed by atoms with Crippen LogP contribution in [0.25, 0.3) is 0 Å². The van der Waals surface area contributed by atoms with Crippen LogP contribution in [0.5, 0.6) is 5.75 Å². The number of carbonyl (C=O) groups is 1. The van der Waals surface area contributed by atoms with Crippen molar-refractivity contribution in [3.8, 4) is 5.75 Å². The number of aromatic nitrogens is 1. The minimum absolute atomic E-state index is 0.433. The van der Waals surface area contributed by atoms with Crippen molar-refractivity contribution < 1.29 is 9.53 Å². The van der Waals surface area contributed by atoms with Crippen molar-refractivity contribution in [3.63, 3.8) is 0 Å². The smallest absolute Gasteiger partial charge is 0.150 e. The van der Waals surface area contributed by atoms with Gasteiger partial charge >= 0.3 is 0 Å². The van der Waals surface area contributed by atoms with Gasteiger partial charge in [0.1, 0.15) is 18.6 Å². The van der Waals surface area contributed by atoms with Crippen LogP contribution in [0.4, 0.5) is 0 Å². The van der Waals surface area contributed by atoms with E-state index in [1.807, 2.05) is 25.1 Å². The van der Waals surface area contributed by atoms with Gasteiger partial charge in [-0.1, -0.05) is 6.07 Å². The lowest BCUT2D eigenvalue weighted by atomic mass is 10.2. The van der Waals surface area contributed by atoms with Gasteiger partial charge in [-0.25, -0.2) is 0 Å². The van der Waals surface area contributed by atoms with Crippen LogP contribution >= 0.6 is 0 Å². The van der Waals surface area contributed by atoms with Crippen molar-refractivity contribution in [2.24, 2.45) is 0 Å². The molecule has 0 aliphatic heterocycles. The first-order valence-electron chi connectivity index (χ1n) is 5.38. The molecule has 2 rings (SSSR count). The van der Waals surface area contributed by atoms with Crippen LogP contribution in [0.1, 0.15) is 21.7 Å². The van der Waals surface area contributed by atoms with Crippen molar-refractivity contribution in [2.75, 3.05) is 0 Å². The normalized spacial score (nSPS) is 9.94. The third-order valence-corrected chi connectivity index (χ3v) is 2.35. The number of ether oxygens (including phenoxy) is 1. The summed E-state index contributed by atoms with van der Waals surface area (Å²) in [6.07, 6.45) is 0.811. The summed E-state index contributed by atoms with van der Waals surface area (Å²) >= 11 is 0. The van der Waals surface area contributed by atoms with Crippen molar-refractivity contribution >= 4 is 6.29 Å². The molecule has 0 N–H and O–H groups in total. The molecule has 1 aromatic carbocycles. The van der Waals surface area contributed by atoms with Crippen LogP contribution in [0.3, 0.4) is 0 Å². The van der Waals surface area contributed by atoms with E-state index < -0.39 is 0 Å². The third-order valence-electron chi connectivity index (χ3n) is 2.35. The molecule has 0 atom stereocenters. The first kappa shape index (κ1) is 11.3. The number of pyridine rings is 1. The molecule has 1 aromatic heterocycles. The van der Waals surface area contributed by atoms with Gasteiger partial charge < -0.3 is 4.74 Å². The molecule has 3 heteroatoms. The number of carbonyl (C=O) groups excluding carboxylic acids is 1. The van der Waals surface area contributed by atoms with Gasteiger partial charge in [0.2, 0.25) is 0 Å². The van der Waals surface area contributed by atoms with Crippen LogP contribution in [0, 0.1) is 6.92 Å². The van der Waals surface area contributed by atoms with Crippen molar-refractivity contribution in [3.05, 3.63) is 59.4 Å². The second-order valence-corrected chi connectivity index (χ2v) is 3.75. The molecule has 86 valence electrons. The molecule has 0 aliphatic rings. The van der Waals surface area contributed by atoms with Crippen molar-refractivity contribution in [1.82, 2.24) is 4.98 Å². The zero-order valence-corrected chi connectivity index (χ0v) is 9.59. The van der Waals surface area contributed by atoms with Crippen LogP contribution in [0.2, 0.25) is 0 Å². The molecule has 0 saturated heterocycles. The predicted molar refractivity (Wildman–Crippen MR) is 65.1 cm³/mol. The van der Waals surface area contributed by atoms with Crippen molar-refractivity contribution in [1.29, 1.82) is 0 Å². The number of hydrogen-bond donors (Lipinski definition) is 0. The molecular formula is C14H13NO2. The second kappa shape index (κ2) is 5.25. The molecule has 1 heterocycles. The highest BCUT2D eigenvalue weighted by Crippen LogP contribution is 2.12. The van der Waals surface area contributed by atoms with Gasteiger partial charge in [-0.2, -0.15) is 0 Å². The van der Waals surface area contributed by atoms with E-state index in [-0.39, 0.29) is 0 Å². The van der Waals surface area contributed by atoms with Crippen molar-refractivity contribution in [2.45, 2.75) is 13.5 Å². The van der Waals surface area contributed by atoms with E-state index >= 15 is 0 Å². The van der Waals surface area contributed by atoms with E-state index in [4.69, 9.17) is 4.74 Å². The second-order valence-electron chi connectivity index (χ2n) is 3.75. The molecule has 3 nitrogen and oxygen atoms in total. The molecule has 0 spiro atoms. The number of aryl methyl sites for hydroxylation is 1. The summed E-state index contributed by atoms with van der Waals surface area (Å²) in [5.74, 6) is 0.735. The number of aldehydes is 1. The van der Waals surface area contributed by atoms with Gasteiger partial charge in [0.05, 0.1) is 5.69 Å². The van der Waals surface area contributed by atoms with Crippen LogP contribution < -0.4 is 4.74 Å². The van der Waals surface area contributed by atoms with Gasteiger partial charge in [0, 0.05) is 11.3 Å². The van der Waals surface area contributed by atoms with Gasteiger partial charge in [-0.15, -0.1) is 0 Å². The Balaban J connectivity index is 1.99. The quantitative estimate of drug-likeness (QED) is 0.754. The maximum atomic E-state index is 10.5. The Bertz CT molecular complexity index is 506. The van der Waals surface area contributed by atoms with Gasteiger partial charge in [-0.05, 0) is 43.3 Å². The molecule has 2 aromatic rings. The van der Waals surface area contributed by atoms with E-state index in [1.165, 1.54) is 0 Å². The van der Waals surface area contributed by atoms with E-state index in [0.717, 1.165) is 23.4 Å². The topological polar surface area (TPSA) is 39.2 Å². The average Bonchev–Trinajstić information content (AvgIpc) is 2.37. The zero-order valence-electron chi connectivity index (χ0n) is 9.59. The predicted octanol–water partition coefficient (Wildman–Crippen LogP) is 2.78. The molecule has 0 bridgehead atoms. The summed E-state index contributed by atoms with van der Waals surface area (Å²) < 4.78 is 5.57. The Morgan fingerprint density at radius 2 is 1.94 bits per heavy atom. The molecule has 0 radical (unpaired) electrons. The molecule has 0 unspecified atom stereocenters. The maximum Gasteiger partial charge on any atom is 0.150 e. The standard InChI is InChI=1S/C14H13NO2/c1-11-3-2-4-13(15-11)10-17-14-7-5-12(9-16)6-8-14/h2-9H,10H2,1H3. The maximum absolute atomic E-state index is 10.5. The highest BCUT2D eigenvalue weighted by atomic mass is 16.5. The average molecular weight is 227 g/mol. The number of rotatable bonds is 4. The fraction of sp³-hybridized carbons (Fsp3) is 0.143. The Hall–Kier alpha value is -2.16. The minimum atomic E-state index is 0.433. The molecule has 17 heavy (non-hydrogen) atoms. The molecular weight excluding hydrogens is 214 g/mol. The Labute approximate surface area is 100 Å².